The van der Waals surface area contributed by atoms with E-state index in [1.54, 1.807) is 34.2 Å². The zero-order valence-corrected chi connectivity index (χ0v) is 15.8. The zero-order chi connectivity index (χ0) is 20.2. The van der Waals surface area contributed by atoms with E-state index in [9.17, 15) is 9.59 Å². The zero-order valence-electron chi connectivity index (χ0n) is 15.8. The first-order chi connectivity index (χ1) is 14.2. The molecule has 0 bridgehead atoms. The van der Waals surface area contributed by atoms with Crippen LogP contribution in [0.15, 0.2) is 61.7 Å². The van der Waals surface area contributed by atoms with Crippen molar-refractivity contribution in [1.29, 1.82) is 0 Å². The van der Waals surface area contributed by atoms with Gasteiger partial charge in [0.25, 0.3) is 5.91 Å². The minimum absolute atomic E-state index is 0.0648. The lowest BCUT2D eigenvalue weighted by atomic mass is 9.94. The van der Waals surface area contributed by atoms with Crippen LogP contribution in [0.4, 0.5) is 0 Å². The Hall–Kier alpha value is -3.81. The second kappa shape index (κ2) is 8.05. The molecule has 0 fully saturated rings. The molecule has 0 saturated heterocycles. The van der Waals surface area contributed by atoms with E-state index in [1.807, 2.05) is 18.2 Å². The van der Waals surface area contributed by atoms with Gasteiger partial charge in [0.1, 0.15) is 5.69 Å². The van der Waals surface area contributed by atoms with Crippen molar-refractivity contribution >= 4 is 11.8 Å². The summed E-state index contributed by atoms with van der Waals surface area (Å²) in [4.78, 5) is 34.6. The van der Waals surface area contributed by atoms with Crippen LogP contribution in [0.3, 0.4) is 0 Å². The second-order valence-electron chi connectivity index (χ2n) is 6.66. The van der Waals surface area contributed by atoms with Crippen molar-refractivity contribution in [2.45, 2.75) is 19.5 Å². The predicted molar refractivity (Wildman–Crippen MR) is 106 cm³/mol. The highest BCUT2D eigenvalue weighted by Gasteiger charge is 2.21. The molecule has 8 nitrogen and oxygen atoms in total. The quantitative estimate of drug-likeness (QED) is 0.671. The summed E-state index contributed by atoms with van der Waals surface area (Å²) in [7, 11) is 0. The molecule has 1 aliphatic rings. The molecular weight excluding hydrogens is 368 g/mol. The first kappa shape index (κ1) is 18.5. The number of fused-ring (bicyclic) bond motifs is 1. The molecule has 1 aliphatic heterocycles. The molecule has 3 aromatic rings. The van der Waals surface area contributed by atoms with Crippen LogP contribution in [0.2, 0.25) is 0 Å². The van der Waals surface area contributed by atoms with Crippen molar-refractivity contribution in [2.75, 3.05) is 6.54 Å². The topological polar surface area (TPSA) is 93.0 Å². The van der Waals surface area contributed by atoms with Gasteiger partial charge in [0.2, 0.25) is 5.91 Å². The van der Waals surface area contributed by atoms with Gasteiger partial charge in [0, 0.05) is 32.0 Å². The molecule has 3 heterocycles. The Bertz CT molecular complexity index is 1060. The van der Waals surface area contributed by atoms with Gasteiger partial charge in [-0.1, -0.05) is 24.8 Å². The number of benzene rings is 1. The van der Waals surface area contributed by atoms with Gasteiger partial charge in [0.05, 0.1) is 12.4 Å². The van der Waals surface area contributed by atoms with Crippen molar-refractivity contribution in [3.8, 4) is 5.82 Å². The molecule has 0 aliphatic carbocycles. The Morgan fingerprint density at radius 2 is 2.14 bits per heavy atom. The molecule has 1 aromatic carbocycles. The van der Waals surface area contributed by atoms with Gasteiger partial charge < -0.3 is 10.2 Å². The van der Waals surface area contributed by atoms with E-state index in [2.05, 4.69) is 27.0 Å². The highest BCUT2D eigenvalue weighted by atomic mass is 16.2. The molecule has 8 heteroatoms. The molecule has 2 aromatic heterocycles. The number of amides is 2. The number of nitrogens with one attached hydrogen (secondary N) is 1. The second-order valence-corrected chi connectivity index (χ2v) is 6.66. The van der Waals surface area contributed by atoms with Crippen molar-refractivity contribution < 1.29 is 9.59 Å². The molecule has 0 radical (unpaired) electrons. The fraction of sp³-hybridized carbons (Fsp3) is 0.190. The standard InChI is InChI=1S/C21H20N6O2/c1-2-20(28)26-10-7-17-15(5-3-6-16(17)14-26)11-23-21(29)18-12-22-13-19(25-18)27-9-4-8-24-27/h2-6,8-9,12-13H,1,7,10-11,14H2,(H,23,29). The van der Waals surface area contributed by atoms with Gasteiger partial charge in [-0.25, -0.2) is 9.67 Å². The number of aromatic nitrogens is 4. The maximum Gasteiger partial charge on any atom is 0.271 e. The summed E-state index contributed by atoms with van der Waals surface area (Å²) in [6, 6.07) is 7.73. The minimum atomic E-state index is -0.302. The third kappa shape index (κ3) is 3.91. The summed E-state index contributed by atoms with van der Waals surface area (Å²) in [5.74, 6) is 0.111. The average Bonchev–Trinajstić information content (AvgIpc) is 3.31. The number of nitrogens with zero attached hydrogens (tertiary/aromatic N) is 5. The average molecular weight is 388 g/mol. The molecular formula is C21H20N6O2. The number of hydrogen-bond donors (Lipinski definition) is 1. The number of hydrogen-bond acceptors (Lipinski definition) is 5. The summed E-state index contributed by atoms with van der Waals surface area (Å²) in [5.41, 5.74) is 3.54. The van der Waals surface area contributed by atoms with Crippen LogP contribution in [0.1, 0.15) is 27.2 Å². The maximum atomic E-state index is 12.6. The van der Waals surface area contributed by atoms with E-state index < -0.39 is 0 Å². The lowest BCUT2D eigenvalue weighted by Gasteiger charge is -2.29. The summed E-state index contributed by atoms with van der Waals surface area (Å²) in [6.45, 7) is 5.13. The van der Waals surface area contributed by atoms with Crippen LogP contribution in [-0.2, 0) is 24.3 Å². The Balaban J connectivity index is 1.46. The molecule has 29 heavy (non-hydrogen) atoms. The summed E-state index contributed by atoms with van der Waals surface area (Å²) in [6.07, 6.45) is 8.44. The van der Waals surface area contributed by atoms with E-state index in [-0.39, 0.29) is 17.5 Å². The number of carbonyl (C=O) groups is 2. The number of carbonyl (C=O) groups excluding carboxylic acids is 2. The van der Waals surface area contributed by atoms with Gasteiger partial charge in [-0.2, -0.15) is 5.10 Å². The van der Waals surface area contributed by atoms with Crippen LogP contribution >= 0.6 is 0 Å². The van der Waals surface area contributed by atoms with E-state index in [1.165, 1.54) is 17.8 Å². The third-order valence-electron chi connectivity index (χ3n) is 4.88. The fourth-order valence-corrected chi connectivity index (χ4v) is 3.42. The van der Waals surface area contributed by atoms with Crippen molar-refractivity contribution in [2.24, 2.45) is 0 Å². The molecule has 2 amide bonds. The lowest BCUT2D eigenvalue weighted by Crippen LogP contribution is -2.35. The summed E-state index contributed by atoms with van der Waals surface area (Å²) < 4.78 is 1.55. The Kier molecular flexibility index (Phi) is 5.15. The molecule has 0 spiro atoms. The van der Waals surface area contributed by atoms with Gasteiger partial charge >= 0.3 is 0 Å². The third-order valence-corrected chi connectivity index (χ3v) is 4.88. The fourth-order valence-electron chi connectivity index (χ4n) is 3.42. The van der Waals surface area contributed by atoms with Crippen LogP contribution in [0.5, 0.6) is 0 Å². The van der Waals surface area contributed by atoms with Gasteiger partial charge in [-0.05, 0) is 35.3 Å². The van der Waals surface area contributed by atoms with Crippen LogP contribution in [-0.4, -0.2) is 43.0 Å². The van der Waals surface area contributed by atoms with E-state index >= 15 is 0 Å². The predicted octanol–water partition coefficient (Wildman–Crippen LogP) is 1.66. The molecule has 0 saturated carbocycles. The molecule has 4 rings (SSSR count). The smallest absolute Gasteiger partial charge is 0.271 e. The van der Waals surface area contributed by atoms with Crippen LogP contribution < -0.4 is 5.32 Å². The SMILES string of the molecule is C=CC(=O)N1CCc2c(CNC(=O)c3cncc(-n4cccn4)n3)cccc2C1. The Morgan fingerprint density at radius 3 is 2.93 bits per heavy atom. The minimum Gasteiger partial charge on any atom is -0.347 e. The Labute approximate surface area is 167 Å². The van der Waals surface area contributed by atoms with Crippen molar-refractivity contribution in [1.82, 2.24) is 30.0 Å². The molecule has 1 N–H and O–H groups in total. The monoisotopic (exact) mass is 388 g/mol. The number of rotatable bonds is 5. The lowest BCUT2D eigenvalue weighted by molar-refractivity contribution is -0.126. The van der Waals surface area contributed by atoms with Gasteiger partial charge in [0.15, 0.2) is 5.82 Å². The summed E-state index contributed by atoms with van der Waals surface area (Å²) >= 11 is 0. The molecule has 146 valence electrons. The normalized spacial score (nSPS) is 12.9. The van der Waals surface area contributed by atoms with Gasteiger partial charge in [-0.3, -0.25) is 14.6 Å². The maximum absolute atomic E-state index is 12.6. The summed E-state index contributed by atoms with van der Waals surface area (Å²) in [5, 5.41) is 7.02. The van der Waals surface area contributed by atoms with E-state index in [0.717, 1.165) is 17.5 Å². The van der Waals surface area contributed by atoms with E-state index in [4.69, 9.17) is 0 Å². The largest absolute Gasteiger partial charge is 0.347 e. The Morgan fingerprint density at radius 1 is 1.24 bits per heavy atom. The van der Waals surface area contributed by atoms with Crippen LogP contribution in [0.25, 0.3) is 5.82 Å². The van der Waals surface area contributed by atoms with Crippen LogP contribution in [0, 0.1) is 0 Å². The van der Waals surface area contributed by atoms with Crippen molar-refractivity contribution in [3.05, 3.63) is 84.1 Å². The molecule has 0 unspecified atom stereocenters. The first-order valence-electron chi connectivity index (χ1n) is 9.27. The van der Waals surface area contributed by atoms with Crippen molar-refractivity contribution in [3.63, 3.8) is 0 Å². The molecule has 0 atom stereocenters. The highest BCUT2D eigenvalue weighted by molar-refractivity contribution is 5.92. The first-order valence-corrected chi connectivity index (χ1v) is 9.27. The van der Waals surface area contributed by atoms with Gasteiger partial charge in [-0.15, -0.1) is 0 Å². The highest BCUT2D eigenvalue weighted by Crippen LogP contribution is 2.23. The van der Waals surface area contributed by atoms with E-state index in [0.29, 0.717) is 25.5 Å².